The molecular weight excluding hydrogens is 276 g/mol. The lowest BCUT2D eigenvalue weighted by Gasteiger charge is -2.24. The fraction of sp³-hybridized carbons (Fsp3) is 0.231. The van der Waals surface area contributed by atoms with Crippen molar-refractivity contribution in [2.45, 2.75) is 4.90 Å². The fourth-order valence-corrected chi connectivity index (χ4v) is 2.93. The summed E-state index contributed by atoms with van der Waals surface area (Å²) in [7, 11) is 1.49. The van der Waals surface area contributed by atoms with Crippen LogP contribution < -0.4 is 9.21 Å². The second-order valence-electron chi connectivity index (χ2n) is 4.40. The van der Waals surface area contributed by atoms with E-state index in [0.717, 1.165) is 0 Å². The van der Waals surface area contributed by atoms with Crippen molar-refractivity contribution in [3.63, 3.8) is 0 Å². The third-order valence-corrected chi connectivity index (χ3v) is 4.58. The maximum Gasteiger partial charge on any atom is 0.265 e. The number of rotatable bonds is 4. The van der Waals surface area contributed by atoms with E-state index in [9.17, 15) is 8.42 Å². The fourth-order valence-electron chi connectivity index (χ4n) is 1.77. The quantitative estimate of drug-likeness (QED) is 0.851. The summed E-state index contributed by atoms with van der Waals surface area (Å²) in [6.07, 6.45) is 4.50. The van der Waals surface area contributed by atoms with E-state index in [1.54, 1.807) is 29.3 Å². The average molecular weight is 292 g/mol. The molecule has 0 N–H and O–H groups in total. The largest absolute Gasteiger partial charge is 0.361 e. The molecule has 6 nitrogen and oxygen atoms in total. The summed E-state index contributed by atoms with van der Waals surface area (Å²) in [6, 6.07) is 6.54. The van der Waals surface area contributed by atoms with Gasteiger partial charge in [0.25, 0.3) is 10.0 Å². The predicted molar refractivity (Wildman–Crippen MR) is 78.4 cm³/mol. The SMILES string of the molecule is CN(C)c1ncccc1N(C)S(=O)(=O)c1cccnc1. The van der Waals surface area contributed by atoms with Crippen LogP contribution in [-0.4, -0.2) is 39.5 Å². The van der Waals surface area contributed by atoms with E-state index < -0.39 is 10.0 Å². The van der Waals surface area contributed by atoms with Gasteiger partial charge in [0.15, 0.2) is 5.82 Å². The van der Waals surface area contributed by atoms with Crippen LogP contribution in [0, 0.1) is 0 Å². The lowest BCUT2D eigenvalue weighted by molar-refractivity contribution is 0.594. The van der Waals surface area contributed by atoms with Crippen molar-refractivity contribution in [1.82, 2.24) is 9.97 Å². The van der Waals surface area contributed by atoms with Crippen molar-refractivity contribution >= 4 is 21.5 Å². The van der Waals surface area contributed by atoms with Gasteiger partial charge < -0.3 is 4.90 Å². The van der Waals surface area contributed by atoms with Crippen LogP contribution in [0.2, 0.25) is 0 Å². The smallest absolute Gasteiger partial charge is 0.265 e. The molecule has 0 unspecified atom stereocenters. The van der Waals surface area contributed by atoms with Crippen molar-refractivity contribution < 1.29 is 8.42 Å². The molecule has 2 aromatic rings. The minimum absolute atomic E-state index is 0.149. The highest BCUT2D eigenvalue weighted by Crippen LogP contribution is 2.28. The van der Waals surface area contributed by atoms with Crippen LogP contribution in [0.3, 0.4) is 0 Å². The van der Waals surface area contributed by atoms with Gasteiger partial charge in [-0.25, -0.2) is 13.4 Å². The summed E-state index contributed by atoms with van der Waals surface area (Å²) >= 11 is 0. The van der Waals surface area contributed by atoms with E-state index in [2.05, 4.69) is 9.97 Å². The molecule has 0 aliphatic carbocycles. The van der Waals surface area contributed by atoms with Crippen LogP contribution in [0.5, 0.6) is 0 Å². The molecule has 0 amide bonds. The van der Waals surface area contributed by atoms with E-state index in [-0.39, 0.29) is 4.90 Å². The summed E-state index contributed by atoms with van der Waals surface area (Å²) in [6.45, 7) is 0. The highest BCUT2D eigenvalue weighted by molar-refractivity contribution is 7.92. The molecule has 20 heavy (non-hydrogen) atoms. The Kier molecular flexibility index (Phi) is 3.89. The van der Waals surface area contributed by atoms with Crippen molar-refractivity contribution in [2.75, 3.05) is 30.3 Å². The Morgan fingerprint density at radius 1 is 1.05 bits per heavy atom. The van der Waals surface area contributed by atoms with Crippen molar-refractivity contribution in [1.29, 1.82) is 0 Å². The van der Waals surface area contributed by atoms with E-state index in [1.807, 2.05) is 14.1 Å². The van der Waals surface area contributed by atoms with Crippen molar-refractivity contribution in [3.05, 3.63) is 42.9 Å². The van der Waals surface area contributed by atoms with Gasteiger partial charge in [-0.05, 0) is 24.3 Å². The highest BCUT2D eigenvalue weighted by atomic mass is 32.2. The molecule has 0 saturated heterocycles. The lowest BCUT2D eigenvalue weighted by Crippen LogP contribution is -2.28. The summed E-state index contributed by atoms with van der Waals surface area (Å²) in [4.78, 5) is 9.98. The third kappa shape index (κ3) is 2.57. The van der Waals surface area contributed by atoms with Gasteiger partial charge in [-0.2, -0.15) is 0 Å². The zero-order valence-corrected chi connectivity index (χ0v) is 12.4. The molecule has 7 heteroatoms. The van der Waals surface area contributed by atoms with Crippen LogP contribution in [-0.2, 0) is 10.0 Å². The Bertz CT molecular complexity index is 687. The number of anilines is 2. The zero-order valence-electron chi connectivity index (χ0n) is 11.6. The first-order valence-corrected chi connectivity index (χ1v) is 7.40. The molecule has 0 aliphatic rings. The van der Waals surface area contributed by atoms with Gasteiger partial charge in [0.05, 0.1) is 5.69 Å². The number of nitrogens with zero attached hydrogens (tertiary/aromatic N) is 4. The molecule has 0 bridgehead atoms. The van der Waals surface area contributed by atoms with Crippen LogP contribution >= 0.6 is 0 Å². The molecule has 2 rings (SSSR count). The number of hydrogen-bond donors (Lipinski definition) is 0. The van der Waals surface area contributed by atoms with Gasteiger partial charge in [-0.15, -0.1) is 0 Å². The van der Waals surface area contributed by atoms with Gasteiger partial charge in [-0.3, -0.25) is 9.29 Å². The van der Waals surface area contributed by atoms with Crippen LogP contribution in [0.4, 0.5) is 11.5 Å². The van der Waals surface area contributed by atoms with Gasteiger partial charge in [-0.1, -0.05) is 0 Å². The molecular formula is C13H16N4O2S. The van der Waals surface area contributed by atoms with Crippen LogP contribution in [0.15, 0.2) is 47.8 Å². The molecule has 0 aliphatic heterocycles. The maximum absolute atomic E-state index is 12.5. The number of sulfonamides is 1. The van der Waals surface area contributed by atoms with Gasteiger partial charge in [0.1, 0.15) is 4.90 Å². The highest BCUT2D eigenvalue weighted by Gasteiger charge is 2.24. The number of hydrogen-bond acceptors (Lipinski definition) is 5. The normalized spacial score (nSPS) is 11.2. The number of pyridine rings is 2. The minimum Gasteiger partial charge on any atom is -0.361 e. The minimum atomic E-state index is -3.64. The molecule has 2 heterocycles. The monoisotopic (exact) mass is 292 g/mol. The van der Waals surface area contributed by atoms with E-state index in [0.29, 0.717) is 11.5 Å². The Hall–Kier alpha value is -2.15. The van der Waals surface area contributed by atoms with Crippen molar-refractivity contribution in [2.24, 2.45) is 0 Å². The second kappa shape index (κ2) is 5.46. The Morgan fingerprint density at radius 2 is 1.75 bits per heavy atom. The summed E-state index contributed by atoms with van der Waals surface area (Å²) in [5, 5.41) is 0. The van der Waals surface area contributed by atoms with E-state index >= 15 is 0 Å². The van der Waals surface area contributed by atoms with Crippen LogP contribution in [0.25, 0.3) is 0 Å². The lowest BCUT2D eigenvalue weighted by atomic mass is 10.4. The van der Waals surface area contributed by atoms with Gasteiger partial charge >= 0.3 is 0 Å². The maximum atomic E-state index is 12.5. The molecule has 106 valence electrons. The molecule has 0 saturated carbocycles. The zero-order chi connectivity index (χ0) is 14.8. The molecule has 0 spiro atoms. The standard InChI is InChI=1S/C13H16N4O2S/c1-16(2)13-12(7-5-9-15-13)17(3)20(18,19)11-6-4-8-14-10-11/h4-10H,1-3H3. The molecule has 2 aromatic heterocycles. The summed E-state index contributed by atoms with van der Waals surface area (Å²) in [5.74, 6) is 0.586. The topological polar surface area (TPSA) is 66.4 Å². The predicted octanol–water partition coefficient (Wildman–Crippen LogP) is 1.37. The Balaban J connectivity index is 2.49. The number of aromatic nitrogens is 2. The van der Waals surface area contributed by atoms with Crippen LogP contribution in [0.1, 0.15) is 0 Å². The molecule has 0 fully saturated rings. The second-order valence-corrected chi connectivity index (χ2v) is 6.37. The third-order valence-electron chi connectivity index (χ3n) is 2.82. The molecule has 0 aromatic carbocycles. The van der Waals surface area contributed by atoms with Gasteiger partial charge in [0, 0.05) is 39.7 Å². The van der Waals surface area contributed by atoms with E-state index in [1.165, 1.54) is 29.8 Å². The summed E-state index contributed by atoms with van der Waals surface area (Å²) in [5.41, 5.74) is 0.515. The average Bonchev–Trinajstić information content (AvgIpc) is 2.47. The first kappa shape index (κ1) is 14.3. The van der Waals surface area contributed by atoms with Gasteiger partial charge in [0.2, 0.25) is 0 Å². The van der Waals surface area contributed by atoms with E-state index in [4.69, 9.17) is 0 Å². The molecule has 0 atom stereocenters. The van der Waals surface area contributed by atoms with Crippen molar-refractivity contribution in [3.8, 4) is 0 Å². The first-order valence-electron chi connectivity index (χ1n) is 5.96. The Labute approximate surface area is 118 Å². The Morgan fingerprint density at radius 3 is 2.35 bits per heavy atom. The molecule has 0 radical (unpaired) electrons. The summed E-state index contributed by atoms with van der Waals surface area (Å²) < 4.78 is 26.3. The first-order chi connectivity index (χ1) is 9.44.